The van der Waals surface area contributed by atoms with Crippen LogP contribution in [0.4, 0.5) is 0 Å². The Bertz CT molecular complexity index is 331. The number of hydrogen-bond donors (Lipinski definition) is 1. The van der Waals surface area contributed by atoms with Crippen LogP contribution >= 0.6 is 0 Å². The first kappa shape index (κ1) is 14.8. The molecule has 0 saturated carbocycles. The summed E-state index contributed by atoms with van der Waals surface area (Å²) in [6, 6.07) is 9.31. The smallest absolute Gasteiger partial charge is 0.0885 e. The molecule has 100 valence electrons. The molecule has 2 nitrogen and oxygen atoms in total. The average molecular weight is 247 g/mol. The average Bonchev–Trinajstić information content (AvgIpc) is 2.39. The van der Waals surface area contributed by atoms with Crippen LogP contribution in [0.1, 0.15) is 43.9 Å². The second-order valence-corrected chi connectivity index (χ2v) is 4.56. The minimum atomic E-state index is 0.393. The van der Waals surface area contributed by atoms with Crippen molar-refractivity contribution < 1.29 is 4.74 Å². The molecule has 1 atom stereocenters. The molecule has 1 aromatic carbocycles. The molecule has 0 aromatic heterocycles. The maximum absolute atomic E-state index is 5.09. The van der Waals surface area contributed by atoms with E-state index in [1.807, 2.05) is 0 Å². The Kier molecular flexibility index (Phi) is 7.19. The van der Waals surface area contributed by atoms with E-state index in [1.165, 1.54) is 30.2 Å². The quantitative estimate of drug-likeness (QED) is 0.529. The summed E-state index contributed by atoms with van der Waals surface area (Å²) in [5, 5.41) is 3.49. The lowest BCUT2D eigenvalue weighted by molar-refractivity contribution is 0.243. The van der Waals surface area contributed by atoms with Gasteiger partial charge in [0.05, 0.1) is 12.9 Å². The zero-order valence-corrected chi connectivity index (χ0v) is 11.6. The molecule has 18 heavy (non-hydrogen) atoms. The van der Waals surface area contributed by atoms with Gasteiger partial charge in [-0.2, -0.15) is 0 Å². The molecular weight excluding hydrogens is 222 g/mol. The van der Waals surface area contributed by atoms with Gasteiger partial charge in [0.15, 0.2) is 0 Å². The molecule has 0 saturated heterocycles. The minimum absolute atomic E-state index is 0.393. The predicted molar refractivity (Wildman–Crippen MR) is 77.6 cm³/mol. The van der Waals surface area contributed by atoms with E-state index in [-0.39, 0.29) is 0 Å². The van der Waals surface area contributed by atoms with E-state index in [9.17, 15) is 0 Å². The molecule has 1 N–H and O–H groups in total. The van der Waals surface area contributed by atoms with Crippen LogP contribution in [0.2, 0.25) is 0 Å². The molecule has 2 heteroatoms. The lowest BCUT2D eigenvalue weighted by Gasteiger charge is -2.14. The molecule has 0 fully saturated rings. The molecule has 1 rings (SSSR count). The highest BCUT2D eigenvalue weighted by atomic mass is 16.5. The Labute approximate surface area is 111 Å². The van der Waals surface area contributed by atoms with Gasteiger partial charge in [-0.3, -0.25) is 0 Å². The summed E-state index contributed by atoms with van der Waals surface area (Å²) in [6.07, 6.45) is 4.87. The van der Waals surface area contributed by atoms with Crippen molar-refractivity contribution in [3.63, 3.8) is 0 Å². The molecule has 0 spiro atoms. The Morgan fingerprint density at radius 1 is 1.33 bits per heavy atom. The van der Waals surface area contributed by atoms with Gasteiger partial charge in [0.1, 0.15) is 0 Å². The maximum Gasteiger partial charge on any atom is 0.0885 e. The highest BCUT2D eigenvalue weighted by molar-refractivity contribution is 5.24. The van der Waals surface area contributed by atoms with E-state index >= 15 is 0 Å². The fourth-order valence-electron chi connectivity index (χ4n) is 1.94. The van der Waals surface area contributed by atoms with Crippen molar-refractivity contribution in [3.8, 4) is 0 Å². The standard InChI is InChI=1S/C16H25NO/c1-4-7-15-8-10-16(11-9-15)14(3)17-12-6-13-18-5-2/h5,8-11,14,17H,2,4,6-7,12-13H2,1,3H3. The SMILES string of the molecule is C=COCCCNC(C)c1ccc(CCC)cc1. The van der Waals surface area contributed by atoms with Crippen molar-refractivity contribution in [1.82, 2.24) is 5.32 Å². The summed E-state index contributed by atoms with van der Waals surface area (Å²) in [5.41, 5.74) is 2.77. The molecule has 0 aliphatic heterocycles. The summed E-state index contributed by atoms with van der Waals surface area (Å²) in [4.78, 5) is 0. The summed E-state index contributed by atoms with van der Waals surface area (Å²) in [7, 11) is 0. The fraction of sp³-hybridized carbons (Fsp3) is 0.500. The van der Waals surface area contributed by atoms with Crippen molar-refractivity contribution in [1.29, 1.82) is 0 Å². The van der Waals surface area contributed by atoms with Crippen molar-refractivity contribution in [2.75, 3.05) is 13.2 Å². The van der Waals surface area contributed by atoms with Crippen LogP contribution in [-0.4, -0.2) is 13.2 Å². The second kappa shape index (κ2) is 8.76. The number of benzene rings is 1. The summed E-state index contributed by atoms with van der Waals surface area (Å²) >= 11 is 0. The van der Waals surface area contributed by atoms with Crippen molar-refractivity contribution >= 4 is 0 Å². The Hall–Kier alpha value is -1.28. The second-order valence-electron chi connectivity index (χ2n) is 4.56. The monoisotopic (exact) mass is 247 g/mol. The molecular formula is C16H25NO. The number of ether oxygens (including phenoxy) is 1. The van der Waals surface area contributed by atoms with Crippen LogP contribution in [0.3, 0.4) is 0 Å². The maximum atomic E-state index is 5.09. The number of nitrogens with one attached hydrogen (secondary N) is 1. The Morgan fingerprint density at radius 2 is 2.06 bits per heavy atom. The van der Waals surface area contributed by atoms with Gasteiger partial charge in [-0.05, 0) is 37.4 Å². The van der Waals surface area contributed by atoms with Crippen LogP contribution < -0.4 is 5.32 Å². The first-order valence-electron chi connectivity index (χ1n) is 6.82. The molecule has 0 heterocycles. The van der Waals surface area contributed by atoms with Gasteiger partial charge in [-0.15, -0.1) is 0 Å². The van der Waals surface area contributed by atoms with Crippen LogP contribution in [0.15, 0.2) is 37.1 Å². The van der Waals surface area contributed by atoms with Gasteiger partial charge >= 0.3 is 0 Å². The van der Waals surface area contributed by atoms with Gasteiger partial charge < -0.3 is 10.1 Å². The molecule has 0 amide bonds. The predicted octanol–water partition coefficient (Wildman–Crippen LogP) is 3.84. The minimum Gasteiger partial charge on any atom is -0.502 e. The van der Waals surface area contributed by atoms with E-state index in [0.717, 1.165) is 19.6 Å². The topological polar surface area (TPSA) is 21.3 Å². The highest BCUT2D eigenvalue weighted by Gasteiger charge is 2.03. The molecule has 1 unspecified atom stereocenters. The number of aryl methyl sites for hydroxylation is 1. The van der Waals surface area contributed by atoms with E-state index in [2.05, 4.69) is 50.0 Å². The Morgan fingerprint density at radius 3 is 2.67 bits per heavy atom. The highest BCUT2D eigenvalue weighted by Crippen LogP contribution is 2.14. The van der Waals surface area contributed by atoms with E-state index in [4.69, 9.17) is 4.74 Å². The van der Waals surface area contributed by atoms with Crippen LogP contribution in [0.25, 0.3) is 0 Å². The number of rotatable bonds is 9. The van der Waals surface area contributed by atoms with Crippen molar-refractivity contribution in [2.24, 2.45) is 0 Å². The van der Waals surface area contributed by atoms with E-state index in [1.54, 1.807) is 0 Å². The Balaban J connectivity index is 2.32. The molecule has 0 aliphatic carbocycles. The third-order valence-electron chi connectivity index (χ3n) is 3.03. The fourth-order valence-corrected chi connectivity index (χ4v) is 1.94. The zero-order chi connectivity index (χ0) is 13.2. The van der Waals surface area contributed by atoms with Gasteiger partial charge in [0, 0.05) is 6.04 Å². The zero-order valence-electron chi connectivity index (χ0n) is 11.6. The van der Waals surface area contributed by atoms with Crippen LogP contribution in [-0.2, 0) is 11.2 Å². The summed E-state index contributed by atoms with van der Waals surface area (Å²) in [5.74, 6) is 0. The third-order valence-corrected chi connectivity index (χ3v) is 3.03. The first-order valence-corrected chi connectivity index (χ1v) is 6.82. The first-order chi connectivity index (χ1) is 8.77. The van der Waals surface area contributed by atoms with Crippen LogP contribution in [0, 0.1) is 0 Å². The van der Waals surface area contributed by atoms with Gasteiger partial charge in [-0.25, -0.2) is 0 Å². The molecule has 1 aromatic rings. The van der Waals surface area contributed by atoms with E-state index in [0.29, 0.717) is 6.04 Å². The van der Waals surface area contributed by atoms with Gasteiger partial charge in [0.25, 0.3) is 0 Å². The van der Waals surface area contributed by atoms with Gasteiger partial charge in [-0.1, -0.05) is 44.2 Å². The van der Waals surface area contributed by atoms with Crippen molar-refractivity contribution in [3.05, 3.63) is 48.2 Å². The van der Waals surface area contributed by atoms with Gasteiger partial charge in [0.2, 0.25) is 0 Å². The summed E-state index contributed by atoms with van der Waals surface area (Å²) < 4.78 is 5.09. The third kappa shape index (κ3) is 5.37. The summed E-state index contributed by atoms with van der Waals surface area (Å²) in [6.45, 7) is 9.63. The number of hydrogen-bond acceptors (Lipinski definition) is 2. The molecule has 0 radical (unpaired) electrons. The lowest BCUT2D eigenvalue weighted by atomic mass is 10.0. The van der Waals surface area contributed by atoms with Crippen molar-refractivity contribution in [2.45, 2.75) is 39.2 Å². The van der Waals surface area contributed by atoms with E-state index < -0.39 is 0 Å². The normalized spacial score (nSPS) is 12.1. The largest absolute Gasteiger partial charge is 0.502 e. The lowest BCUT2D eigenvalue weighted by Crippen LogP contribution is -2.20. The molecule has 0 bridgehead atoms. The molecule has 0 aliphatic rings. The van der Waals surface area contributed by atoms with Crippen LogP contribution in [0.5, 0.6) is 0 Å².